The van der Waals surface area contributed by atoms with E-state index in [1.165, 1.54) is 23.1 Å². The Morgan fingerprint density at radius 3 is 2.29 bits per heavy atom. The van der Waals surface area contributed by atoms with Crippen molar-refractivity contribution in [2.75, 3.05) is 11.5 Å². The quantitative estimate of drug-likeness (QED) is 0.237. The number of ketones is 1. The van der Waals surface area contributed by atoms with Crippen molar-refractivity contribution in [2.24, 2.45) is 0 Å². The fourth-order valence-electron chi connectivity index (χ4n) is 4.27. The average molecular weight is 512 g/mol. The molecule has 35 heavy (non-hydrogen) atoms. The molecule has 1 fully saturated rings. The van der Waals surface area contributed by atoms with Crippen molar-refractivity contribution in [3.8, 4) is 11.5 Å². The van der Waals surface area contributed by atoms with E-state index in [0.29, 0.717) is 28.6 Å². The highest BCUT2D eigenvalue weighted by Crippen LogP contribution is 2.44. The first-order valence-electron chi connectivity index (χ1n) is 10.9. The zero-order chi connectivity index (χ0) is 25.4. The zero-order valence-electron chi connectivity index (χ0n) is 19.3. The average Bonchev–Trinajstić information content (AvgIpc) is 3.06. The van der Waals surface area contributed by atoms with E-state index in [4.69, 9.17) is 27.9 Å². The van der Waals surface area contributed by atoms with E-state index >= 15 is 0 Å². The van der Waals surface area contributed by atoms with Crippen LogP contribution in [0.4, 0.5) is 5.69 Å². The Labute approximate surface area is 213 Å². The first-order valence-corrected chi connectivity index (χ1v) is 11.7. The van der Waals surface area contributed by atoms with Gasteiger partial charge in [-0.15, -0.1) is 0 Å². The maximum Gasteiger partial charge on any atom is 0.300 e. The van der Waals surface area contributed by atoms with Gasteiger partial charge in [-0.2, -0.15) is 0 Å². The van der Waals surface area contributed by atoms with Crippen LogP contribution in [0.15, 0.2) is 60.2 Å². The molecule has 8 heteroatoms. The van der Waals surface area contributed by atoms with E-state index in [1.54, 1.807) is 37.3 Å². The number of benzene rings is 3. The lowest BCUT2D eigenvalue weighted by Crippen LogP contribution is -2.29. The van der Waals surface area contributed by atoms with Crippen LogP contribution in [0.2, 0.25) is 10.0 Å². The number of hydrogen-bond donors (Lipinski definition) is 2. The molecule has 0 bridgehead atoms. The number of aliphatic hydroxyl groups is 1. The van der Waals surface area contributed by atoms with Gasteiger partial charge in [0.15, 0.2) is 0 Å². The largest absolute Gasteiger partial charge is 0.507 e. The molecule has 4 rings (SSSR count). The number of aromatic hydroxyl groups is 1. The molecular weight excluding hydrogens is 489 g/mol. The molecule has 0 aromatic heterocycles. The summed E-state index contributed by atoms with van der Waals surface area (Å²) < 4.78 is 5.52. The maximum absolute atomic E-state index is 13.3. The summed E-state index contributed by atoms with van der Waals surface area (Å²) >= 11 is 12.4. The lowest BCUT2D eigenvalue weighted by Gasteiger charge is -2.26. The van der Waals surface area contributed by atoms with Crippen LogP contribution in [0.25, 0.3) is 5.76 Å². The topological polar surface area (TPSA) is 87.1 Å². The van der Waals surface area contributed by atoms with E-state index in [9.17, 15) is 19.8 Å². The Hall–Kier alpha value is -3.48. The summed E-state index contributed by atoms with van der Waals surface area (Å²) in [6, 6.07) is 13.6. The molecule has 2 N–H and O–H groups in total. The molecule has 6 nitrogen and oxygen atoms in total. The molecule has 1 saturated heterocycles. The van der Waals surface area contributed by atoms with Crippen molar-refractivity contribution < 1.29 is 24.5 Å². The van der Waals surface area contributed by atoms with Gasteiger partial charge in [0.2, 0.25) is 0 Å². The zero-order valence-corrected chi connectivity index (χ0v) is 20.8. The first kappa shape index (κ1) is 24.6. The second-order valence-corrected chi connectivity index (χ2v) is 9.12. The minimum Gasteiger partial charge on any atom is -0.507 e. The van der Waals surface area contributed by atoms with Gasteiger partial charge in [-0.3, -0.25) is 14.5 Å². The molecule has 0 aliphatic carbocycles. The molecule has 0 saturated carbocycles. The van der Waals surface area contributed by atoms with Crippen LogP contribution < -0.4 is 9.64 Å². The number of aliphatic hydroxyl groups excluding tert-OH is 1. The second-order valence-electron chi connectivity index (χ2n) is 8.30. The molecule has 1 amide bonds. The SMILES string of the molecule is CCOc1cc(/C(O)=C2/C(=O)C(=O)N(c3cc(C)cc(C)c3)C2c2ccc(O)c(Cl)c2)ccc1Cl. The van der Waals surface area contributed by atoms with Crippen molar-refractivity contribution in [1.82, 2.24) is 0 Å². The highest BCUT2D eigenvalue weighted by atomic mass is 35.5. The van der Waals surface area contributed by atoms with Gasteiger partial charge >= 0.3 is 0 Å². The van der Waals surface area contributed by atoms with Gasteiger partial charge in [-0.1, -0.05) is 35.3 Å². The van der Waals surface area contributed by atoms with Crippen molar-refractivity contribution in [1.29, 1.82) is 0 Å². The summed E-state index contributed by atoms with van der Waals surface area (Å²) in [6.45, 7) is 5.94. The standard InChI is InChI=1S/C27H23Cl2NO5/c1-4-35-22-13-17(5-7-19(22)28)25(32)23-24(16-6-8-21(31)20(29)12-16)30(27(34)26(23)33)18-10-14(2)9-15(3)11-18/h5-13,24,31-32H,4H2,1-3H3/b25-23-. The predicted octanol–water partition coefficient (Wildman–Crippen LogP) is 6.34. The number of carbonyl (C=O) groups excluding carboxylic acids is 2. The molecule has 1 unspecified atom stereocenters. The molecule has 3 aromatic carbocycles. The smallest absolute Gasteiger partial charge is 0.300 e. The number of ether oxygens (including phenoxy) is 1. The Morgan fingerprint density at radius 1 is 0.971 bits per heavy atom. The molecular formula is C27H23Cl2NO5. The predicted molar refractivity (Wildman–Crippen MR) is 136 cm³/mol. The summed E-state index contributed by atoms with van der Waals surface area (Å²) in [7, 11) is 0. The monoisotopic (exact) mass is 511 g/mol. The molecule has 180 valence electrons. The number of nitrogens with zero attached hydrogens (tertiary/aromatic N) is 1. The third-order valence-electron chi connectivity index (χ3n) is 5.72. The van der Waals surface area contributed by atoms with Crippen LogP contribution in [0.5, 0.6) is 11.5 Å². The van der Waals surface area contributed by atoms with Crippen LogP contribution in [0.1, 0.15) is 35.2 Å². The van der Waals surface area contributed by atoms with E-state index < -0.39 is 17.7 Å². The Balaban J connectivity index is 1.97. The van der Waals surface area contributed by atoms with Crippen LogP contribution in [0, 0.1) is 13.8 Å². The van der Waals surface area contributed by atoms with Gasteiger partial charge in [-0.05, 0) is 79.9 Å². The number of phenolic OH excluding ortho intramolecular Hbond substituents is 1. The van der Waals surface area contributed by atoms with Crippen LogP contribution in [0.3, 0.4) is 0 Å². The second kappa shape index (κ2) is 9.64. The summed E-state index contributed by atoms with van der Waals surface area (Å²) in [5.74, 6) is -1.81. The normalized spacial score (nSPS) is 17.2. The van der Waals surface area contributed by atoms with E-state index in [1.807, 2.05) is 19.9 Å². The maximum atomic E-state index is 13.3. The van der Waals surface area contributed by atoms with Crippen LogP contribution >= 0.6 is 23.2 Å². The minimum atomic E-state index is -0.986. The molecule has 0 radical (unpaired) electrons. The molecule has 3 aromatic rings. The Morgan fingerprint density at radius 2 is 1.66 bits per heavy atom. The number of carbonyl (C=O) groups is 2. The van der Waals surface area contributed by atoms with Crippen molar-refractivity contribution in [3.05, 3.63) is 92.5 Å². The third kappa shape index (κ3) is 4.59. The molecule has 1 atom stereocenters. The highest BCUT2D eigenvalue weighted by Gasteiger charge is 2.47. The summed E-state index contributed by atoms with van der Waals surface area (Å²) in [5, 5.41) is 21.7. The van der Waals surface area contributed by atoms with Crippen molar-refractivity contribution in [3.63, 3.8) is 0 Å². The summed E-state index contributed by atoms with van der Waals surface area (Å²) in [5.41, 5.74) is 2.93. The number of amides is 1. The molecule has 0 spiro atoms. The highest BCUT2D eigenvalue weighted by molar-refractivity contribution is 6.51. The molecule has 1 aliphatic heterocycles. The fraction of sp³-hybridized carbons (Fsp3) is 0.185. The fourth-order valence-corrected chi connectivity index (χ4v) is 4.63. The van der Waals surface area contributed by atoms with Crippen molar-refractivity contribution in [2.45, 2.75) is 26.8 Å². The number of aryl methyl sites for hydroxylation is 2. The van der Waals surface area contributed by atoms with E-state index in [0.717, 1.165) is 11.1 Å². The molecule has 1 heterocycles. The van der Waals surface area contributed by atoms with Gasteiger partial charge in [0.1, 0.15) is 17.3 Å². The lowest BCUT2D eigenvalue weighted by molar-refractivity contribution is -0.132. The lowest BCUT2D eigenvalue weighted by atomic mass is 9.94. The van der Waals surface area contributed by atoms with Gasteiger partial charge in [0, 0.05) is 11.3 Å². The van der Waals surface area contributed by atoms with Gasteiger partial charge in [0.25, 0.3) is 11.7 Å². The van der Waals surface area contributed by atoms with Crippen LogP contribution in [-0.2, 0) is 9.59 Å². The Bertz CT molecular complexity index is 1360. The number of Topliss-reactive ketones (excluding diaryl/α,β-unsaturated/α-hetero) is 1. The van der Waals surface area contributed by atoms with Crippen molar-refractivity contribution >= 4 is 46.3 Å². The minimum absolute atomic E-state index is 0.0543. The van der Waals surface area contributed by atoms with E-state index in [2.05, 4.69) is 0 Å². The Kier molecular flexibility index (Phi) is 6.79. The number of halogens is 2. The molecule has 1 aliphatic rings. The number of phenols is 1. The summed E-state index contributed by atoms with van der Waals surface area (Å²) in [4.78, 5) is 28.0. The van der Waals surface area contributed by atoms with Gasteiger partial charge in [0.05, 0.1) is 28.3 Å². The number of hydrogen-bond acceptors (Lipinski definition) is 5. The third-order valence-corrected chi connectivity index (χ3v) is 6.34. The van der Waals surface area contributed by atoms with Gasteiger partial charge < -0.3 is 14.9 Å². The first-order chi connectivity index (χ1) is 16.6. The van der Waals surface area contributed by atoms with E-state index in [-0.39, 0.29) is 27.7 Å². The van der Waals surface area contributed by atoms with Crippen LogP contribution in [-0.4, -0.2) is 28.5 Å². The summed E-state index contributed by atoms with van der Waals surface area (Å²) in [6.07, 6.45) is 0. The number of rotatable bonds is 5. The van der Waals surface area contributed by atoms with Gasteiger partial charge in [-0.25, -0.2) is 0 Å². The number of anilines is 1.